The Morgan fingerprint density at radius 1 is 1.22 bits per heavy atom. The molecule has 27 heavy (non-hydrogen) atoms. The summed E-state index contributed by atoms with van der Waals surface area (Å²) in [4.78, 5) is 6.46. The molecule has 1 saturated heterocycles. The number of aromatic nitrogens is 1. The number of ether oxygens (including phenoxy) is 1. The minimum absolute atomic E-state index is 0.254. The van der Waals surface area contributed by atoms with Crippen molar-refractivity contribution >= 4 is 5.84 Å². The molecule has 1 unspecified atom stereocenters. The third-order valence-corrected chi connectivity index (χ3v) is 4.45. The topological polar surface area (TPSA) is 115 Å². The summed E-state index contributed by atoms with van der Waals surface area (Å²) in [7, 11) is 0. The zero-order chi connectivity index (χ0) is 18.9. The highest BCUT2D eigenvalue weighted by atomic mass is 19.1. The number of hydrogen-bond donors (Lipinski definition) is 3. The summed E-state index contributed by atoms with van der Waals surface area (Å²) in [5.41, 5.74) is 13.8. The molecule has 0 radical (unpaired) electrons. The van der Waals surface area contributed by atoms with Crippen molar-refractivity contribution < 1.29 is 13.7 Å². The van der Waals surface area contributed by atoms with Gasteiger partial charge in [-0.2, -0.15) is 0 Å². The molecule has 0 spiro atoms. The van der Waals surface area contributed by atoms with E-state index in [2.05, 4.69) is 20.4 Å². The van der Waals surface area contributed by atoms with Gasteiger partial charge in [0, 0.05) is 30.8 Å². The van der Waals surface area contributed by atoms with Crippen LogP contribution in [0.1, 0.15) is 5.76 Å². The van der Waals surface area contributed by atoms with Gasteiger partial charge in [0.2, 0.25) is 0 Å². The van der Waals surface area contributed by atoms with Gasteiger partial charge in [0.25, 0.3) is 0 Å². The first-order valence-electron chi connectivity index (χ1n) is 8.69. The van der Waals surface area contributed by atoms with Crippen LogP contribution >= 0.6 is 0 Å². The molecule has 4 rings (SSSR count). The zero-order valence-electron chi connectivity index (χ0n) is 14.7. The highest BCUT2D eigenvalue weighted by Crippen LogP contribution is 2.23. The van der Waals surface area contributed by atoms with Crippen LogP contribution in [-0.4, -0.2) is 48.0 Å². The highest BCUT2D eigenvalue weighted by Gasteiger charge is 2.32. The Morgan fingerprint density at radius 2 is 1.96 bits per heavy atom. The van der Waals surface area contributed by atoms with E-state index >= 15 is 0 Å². The van der Waals surface area contributed by atoms with Crippen molar-refractivity contribution in [2.45, 2.75) is 12.2 Å². The molecule has 2 aromatic rings. The zero-order valence-corrected chi connectivity index (χ0v) is 14.7. The van der Waals surface area contributed by atoms with Crippen molar-refractivity contribution in [1.82, 2.24) is 15.4 Å². The lowest BCUT2D eigenvalue weighted by Gasteiger charge is -2.38. The maximum Gasteiger partial charge on any atom is 0.192 e. The minimum Gasteiger partial charge on any atom is -0.384 e. The van der Waals surface area contributed by atoms with Gasteiger partial charge in [0.15, 0.2) is 5.79 Å². The van der Waals surface area contributed by atoms with Gasteiger partial charge < -0.3 is 25.2 Å². The van der Waals surface area contributed by atoms with Gasteiger partial charge in [-0.3, -0.25) is 5.73 Å². The van der Waals surface area contributed by atoms with Gasteiger partial charge in [-0.15, -0.1) is 0 Å². The molecular formula is C18H21FN6O2. The van der Waals surface area contributed by atoms with E-state index in [9.17, 15) is 4.39 Å². The number of nitrogens with one attached hydrogen (secondary N) is 1. The summed E-state index contributed by atoms with van der Waals surface area (Å²) >= 11 is 0. The summed E-state index contributed by atoms with van der Waals surface area (Å²) < 4.78 is 23.9. The average molecular weight is 372 g/mol. The smallest absolute Gasteiger partial charge is 0.192 e. The lowest BCUT2D eigenvalue weighted by molar-refractivity contribution is 0.0471. The van der Waals surface area contributed by atoms with Crippen molar-refractivity contribution in [3.8, 4) is 11.3 Å². The maximum absolute atomic E-state index is 13.1. The molecule has 142 valence electrons. The molecule has 0 aliphatic carbocycles. The molecule has 0 bridgehead atoms. The predicted octanol–water partition coefficient (Wildman–Crippen LogP) is 0.770. The van der Waals surface area contributed by atoms with E-state index in [-0.39, 0.29) is 12.2 Å². The predicted molar refractivity (Wildman–Crippen MR) is 97.8 cm³/mol. The molecule has 0 amide bonds. The Kier molecular flexibility index (Phi) is 4.54. The lowest BCUT2D eigenvalue weighted by Crippen LogP contribution is -2.59. The molecule has 8 nitrogen and oxygen atoms in total. The number of hydrogen-bond acceptors (Lipinski definition) is 8. The summed E-state index contributed by atoms with van der Waals surface area (Å²) in [5.74, 6) is 0.250. The van der Waals surface area contributed by atoms with E-state index < -0.39 is 5.79 Å². The first-order valence-corrected chi connectivity index (χ1v) is 8.69. The maximum atomic E-state index is 13.1. The Labute approximate surface area is 155 Å². The first-order chi connectivity index (χ1) is 13.0. The number of nitrogens with two attached hydrogens (primary N) is 2. The second kappa shape index (κ2) is 7.01. The van der Waals surface area contributed by atoms with Crippen LogP contribution in [-0.2, 0) is 11.2 Å². The quantitative estimate of drug-likeness (QED) is 0.726. The van der Waals surface area contributed by atoms with Crippen LogP contribution in [0.4, 0.5) is 4.39 Å². The molecule has 9 heteroatoms. The van der Waals surface area contributed by atoms with Crippen molar-refractivity contribution in [2.75, 3.05) is 26.3 Å². The molecule has 1 aromatic carbocycles. The third kappa shape index (κ3) is 3.93. The number of amidine groups is 1. The summed E-state index contributed by atoms with van der Waals surface area (Å²) in [6.45, 7) is 2.80. The second-order valence-corrected chi connectivity index (χ2v) is 6.58. The minimum atomic E-state index is -1.15. The molecule has 1 fully saturated rings. The standard InChI is InChI=1S/C18H21FN6O2/c19-13-3-1-12(2-4-13)15-9-14(27-24-15)11-18(21)22-16(20)10-17(23-18)25-5-7-26-8-6-25/h1-4,9-10,23H,5-8,11,21H2,(H2,20,22). The average Bonchev–Trinajstić information content (AvgIpc) is 3.10. The third-order valence-electron chi connectivity index (χ3n) is 4.45. The SMILES string of the molecule is NC1=NC(N)(Cc2cc(-c3ccc(F)cc3)no2)NC(N2CCOCC2)=C1. The monoisotopic (exact) mass is 372 g/mol. The Morgan fingerprint density at radius 3 is 2.70 bits per heavy atom. The molecule has 1 aromatic heterocycles. The van der Waals surface area contributed by atoms with Crippen LogP contribution in [0.15, 0.2) is 51.7 Å². The Hall–Kier alpha value is -2.91. The van der Waals surface area contributed by atoms with Crippen molar-refractivity contribution in [1.29, 1.82) is 0 Å². The van der Waals surface area contributed by atoms with Crippen molar-refractivity contribution in [3.63, 3.8) is 0 Å². The fourth-order valence-corrected chi connectivity index (χ4v) is 3.17. The van der Waals surface area contributed by atoms with Crippen LogP contribution in [0.5, 0.6) is 0 Å². The fraction of sp³-hybridized carbons (Fsp3) is 0.333. The van der Waals surface area contributed by atoms with E-state index in [1.54, 1.807) is 24.3 Å². The van der Waals surface area contributed by atoms with Gasteiger partial charge in [-0.25, -0.2) is 9.38 Å². The molecule has 3 heterocycles. The fourth-order valence-electron chi connectivity index (χ4n) is 3.17. The van der Waals surface area contributed by atoms with E-state index in [1.807, 2.05) is 0 Å². The van der Waals surface area contributed by atoms with Crippen LogP contribution in [0, 0.1) is 5.82 Å². The number of benzene rings is 1. The second-order valence-electron chi connectivity index (χ2n) is 6.58. The summed E-state index contributed by atoms with van der Waals surface area (Å²) in [6, 6.07) is 7.80. The largest absolute Gasteiger partial charge is 0.384 e. The number of aliphatic imine (C=N–C) groups is 1. The number of nitrogens with zero attached hydrogens (tertiary/aromatic N) is 3. The molecular weight excluding hydrogens is 351 g/mol. The van der Waals surface area contributed by atoms with Gasteiger partial charge in [0.05, 0.1) is 19.6 Å². The highest BCUT2D eigenvalue weighted by molar-refractivity contribution is 5.92. The van der Waals surface area contributed by atoms with Crippen molar-refractivity contribution in [3.05, 3.63) is 53.8 Å². The summed E-state index contributed by atoms with van der Waals surface area (Å²) in [6.07, 6.45) is 2.02. The van der Waals surface area contributed by atoms with Gasteiger partial charge in [-0.05, 0) is 24.3 Å². The van der Waals surface area contributed by atoms with Crippen LogP contribution in [0.2, 0.25) is 0 Å². The van der Waals surface area contributed by atoms with Crippen LogP contribution in [0.3, 0.4) is 0 Å². The molecule has 5 N–H and O–H groups in total. The van der Waals surface area contributed by atoms with Gasteiger partial charge in [0.1, 0.15) is 28.9 Å². The summed E-state index contributed by atoms with van der Waals surface area (Å²) in [5, 5.41) is 7.28. The van der Waals surface area contributed by atoms with E-state index in [0.29, 0.717) is 30.5 Å². The Bertz CT molecular complexity index is 872. The van der Waals surface area contributed by atoms with Gasteiger partial charge in [-0.1, -0.05) is 5.16 Å². The normalized spacial score (nSPS) is 22.8. The van der Waals surface area contributed by atoms with E-state index in [4.69, 9.17) is 20.7 Å². The molecule has 1 atom stereocenters. The number of rotatable bonds is 4. The molecule has 0 saturated carbocycles. The lowest BCUT2D eigenvalue weighted by atomic mass is 10.1. The Balaban J connectivity index is 1.50. The van der Waals surface area contributed by atoms with E-state index in [1.165, 1.54) is 12.1 Å². The van der Waals surface area contributed by atoms with Crippen LogP contribution < -0.4 is 16.8 Å². The molecule has 2 aliphatic rings. The van der Waals surface area contributed by atoms with Gasteiger partial charge >= 0.3 is 0 Å². The first kappa shape index (κ1) is 17.5. The number of morpholine rings is 1. The number of halogens is 1. The molecule has 2 aliphatic heterocycles. The van der Waals surface area contributed by atoms with Crippen LogP contribution in [0.25, 0.3) is 11.3 Å². The van der Waals surface area contributed by atoms with Crippen molar-refractivity contribution in [2.24, 2.45) is 16.5 Å². The van der Waals surface area contributed by atoms with E-state index in [0.717, 1.165) is 24.5 Å².